The fraction of sp³-hybridized carbons (Fsp3) is 0.133. The average Bonchev–Trinajstić information content (AvgIpc) is 2.47. The van der Waals surface area contributed by atoms with Crippen LogP contribution in [0.4, 0.5) is 24.5 Å². The number of anilines is 2. The van der Waals surface area contributed by atoms with E-state index in [1.807, 2.05) is 0 Å². The predicted octanol–water partition coefficient (Wildman–Crippen LogP) is 3.77. The number of alkyl halides is 3. The number of rotatable bonds is 3. The van der Waals surface area contributed by atoms with Crippen molar-refractivity contribution in [3.05, 3.63) is 59.7 Å². The van der Waals surface area contributed by atoms with Crippen molar-refractivity contribution in [2.45, 2.75) is 12.7 Å². The van der Waals surface area contributed by atoms with Crippen LogP contribution in [0.3, 0.4) is 0 Å². The third kappa shape index (κ3) is 4.63. The number of nitrogens with two attached hydrogens (primary N) is 1. The van der Waals surface area contributed by atoms with Gasteiger partial charge in [-0.25, -0.2) is 0 Å². The largest absolute Gasteiger partial charge is 0.416 e. The minimum Gasteiger partial charge on any atom is -0.399 e. The van der Waals surface area contributed by atoms with Gasteiger partial charge in [0.15, 0.2) is 5.11 Å². The summed E-state index contributed by atoms with van der Waals surface area (Å²) in [5, 5.41) is 6.11. The maximum atomic E-state index is 12.6. The maximum Gasteiger partial charge on any atom is 0.416 e. The lowest BCUT2D eigenvalue weighted by Gasteiger charge is -2.12. The number of halogens is 3. The molecule has 22 heavy (non-hydrogen) atoms. The van der Waals surface area contributed by atoms with E-state index >= 15 is 0 Å². The van der Waals surface area contributed by atoms with Crippen molar-refractivity contribution in [2.24, 2.45) is 0 Å². The molecule has 2 rings (SSSR count). The molecule has 0 aliphatic heterocycles. The van der Waals surface area contributed by atoms with Crippen LogP contribution in [0.25, 0.3) is 0 Å². The van der Waals surface area contributed by atoms with Crippen LogP contribution >= 0.6 is 12.2 Å². The van der Waals surface area contributed by atoms with Crippen LogP contribution in [0.15, 0.2) is 48.5 Å². The zero-order valence-electron chi connectivity index (χ0n) is 11.4. The molecule has 4 N–H and O–H groups in total. The number of benzene rings is 2. The number of hydrogen-bond donors (Lipinski definition) is 3. The topological polar surface area (TPSA) is 50.1 Å². The molecular formula is C15H14F3N3S. The molecule has 2 aromatic carbocycles. The molecule has 0 atom stereocenters. The van der Waals surface area contributed by atoms with Gasteiger partial charge in [0.2, 0.25) is 0 Å². The zero-order chi connectivity index (χ0) is 16.2. The Morgan fingerprint density at radius 1 is 1.09 bits per heavy atom. The molecule has 7 heteroatoms. The van der Waals surface area contributed by atoms with Gasteiger partial charge in [0, 0.05) is 17.9 Å². The van der Waals surface area contributed by atoms with E-state index in [0.717, 1.165) is 17.8 Å². The van der Waals surface area contributed by atoms with E-state index in [9.17, 15) is 13.2 Å². The second-order valence-electron chi connectivity index (χ2n) is 4.63. The van der Waals surface area contributed by atoms with Gasteiger partial charge in [-0.15, -0.1) is 0 Å². The van der Waals surface area contributed by atoms with Crippen LogP contribution in [0.1, 0.15) is 11.1 Å². The lowest BCUT2D eigenvalue weighted by Crippen LogP contribution is -2.28. The molecule has 0 saturated heterocycles. The third-order valence-corrected chi connectivity index (χ3v) is 3.12. The van der Waals surface area contributed by atoms with Crippen molar-refractivity contribution in [1.29, 1.82) is 0 Å². The van der Waals surface area contributed by atoms with Gasteiger partial charge in [0.1, 0.15) is 0 Å². The van der Waals surface area contributed by atoms with E-state index in [4.69, 9.17) is 18.0 Å². The maximum absolute atomic E-state index is 12.6. The first-order valence-electron chi connectivity index (χ1n) is 6.41. The molecular weight excluding hydrogens is 311 g/mol. The van der Waals surface area contributed by atoms with E-state index < -0.39 is 11.7 Å². The Balaban J connectivity index is 1.92. The van der Waals surface area contributed by atoms with Gasteiger partial charge in [0.25, 0.3) is 0 Å². The highest BCUT2D eigenvalue weighted by molar-refractivity contribution is 7.80. The Kier molecular flexibility index (Phi) is 4.87. The summed E-state index contributed by atoms with van der Waals surface area (Å²) in [6, 6.07) is 12.1. The van der Waals surface area contributed by atoms with Gasteiger partial charge in [0.05, 0.1) is 5.56 Å². The first-order valence-corrected chi connectivity index (χ1v) is 6.82. The molecule has 0 spiro atoms. The van der Waals surface area contributed by atoms with Gasteiger partial charge in [-0.3, -0.25) is 0 Å². The molecule has 0 heterocycles. The van der Waals surface area contributed by atoms with E-state index in [0.29, 0.717) is 16.4 Å². The summed E-state index contributed by atoms with van der Waals surface area (Å²) >= 11 is 5.10. The Bertz CT molecular complexity index is 654. The fourth-order valence-electron chi connectivity index (χ4n) is 1.78. The summed E-state index contributed by atoms with van der Waals surface area (Å²) in [6.45, 7) is 0.199. The van der Waals surface area contributed by atoms with Gasteiger partial charge >= 0.3 is 6.18 Å². The van der Waals surface area contributed by atoms with Gasteiger partial charge in [-0.2, -0.15) is 13.2 Å². The molecule has 2 aromatic rings. The van der Waals surface area contributed by atoms with Crippen LogP contribution in [0.5, 0.6) is 0 Å². The predicted molar refractivity (Wildman–Crippen MR) is 85.4 cm³/mol. The Morgan fingerprint density at radius 2 is 1.77 bits per heavy atom. The van der Waals surface area contributed by atoms with Gasteiger partial charge in [-0.1, -0.05) is 12.1 Å². The van der Waals surface area contributed by atoms with E-state index in [1.54, 1.807) is 30.3 Å². The van der Waals surface area contributed by atoms with Crippen molar-refractivity contribution in [3.63, 3.8) is 0 Å². The van der Waals surface area contributed by atoms with E-state index in [1.165, 1.54) is 6.07 Å². The highest BCUT2D eigenvalue weighted by Gasteiger charge is 2.30. The van der Waals surface area contributed by atoms with E-state index in [2.05, 4.69) is 10.6 Å². The third-order valence-electron chi connectivity index (χ3n) is 2.88. The molecule has 0 aliphatic rings. The minimum absolute atomic E-state index is 0.199. The smallest absolute Gasteiger partial charge is 0.399 e. The fourth-order valence-corrected chi connectivity index (χ4v) is 1.97. The zero-order valence-corrected chi connectivity index (χ0v) is 12.3. The summed E-state index contributed by atoms with van der Waals surface area (Å²) in [5.74, 6) is 0. The second kappa shape index (κ2) is 6.65. The lowest BCUT2D eigenvalue weighted by molar-refractivity contribution is -0.137. The molecule has 0 saturated carbocycles. The summed E-state index contributed by atoms with van der Waals surface area (Å²) in [7, 11) is 0. The van der Waals surface area contributed by atoms with Crippen molar-refractivity contribution < 1.29 is 13.2 Å². The molecule has 0 amide bonds. The first kappa shape index (κ1) is 16.1. The van der Waals surface area contributed by atoms with Crippen LogP contribution < -0.4 is 16.4 Å². The monoisotopic (exact) mass is 325 g/mol. The summed E-state index contributed by atoms with van der Waals surface area (Å²) in [5.41, 5.74) is 6.77. The molecule has 0 radical (unpaired) electrons. The van der Waals surface area contributed by atoms with E-state index in [-0.39, 0.29) is 6.54 Å². The van der Waals surface area contributed by atoms with Gasteiger partial charge in [-0.05, 0) is 54.2 Å². The number of thiocarbonyl (C=S) groups is 1. The average molecular weight is 325 g/mol. The highest BCUT2D eigenvalue weighted by Crippen LogP contribution is 2.29. The number of hydrogen-bond acceptors (Lipinski definition) is 2. The van der Waals surface area contributed by atoms with Crippen molar-refractivity contribution >= 4 is 28.7 Å². The van der Waals surface area contributed by atoms with Crippen LogP contribution in [-0.2, 0) is 12.7 Å². The molecule has 0 aliphatic carbocycles. The van der Waals surface area contributed by atoms with Gasteiger partial charge < -0.3 is 16.4 Å². The number of nitrogens with one attached hydrogen (secondary N) is 2. The summed E-state index contributed by atoms with van der Waals surface area (Å²) in [6.07, 6.45) is -4.35. The highest BCUT2D eigenvalue weighted by atomic mass is 32.1. The quantitative estimate of drug-likeness (QED) is 0.594. The lowest BCUT2D eigenvalue weighted by atomic mass is 10.1. The molecule has 3 nitrogen and oxygen atoms in total. The molecule has 116 valence electrons. The molecule has 0 bridgehead atoms. The standard InChI is InChI=1S/C15H14F3N3S/c16-15(17,18)11-3-1-2-10(8-11)9-20-14(22)21-13-6-4-12(19)5-7-13/h1-8H,9,19H2,(H2,20,21,22). The number of nitrogen functional groups attached to an aromatic ring is 1. The first-order chi connectivity index (χ1) is 10.3. The summed E-state index contributed by atoms with van der Waals surface area (Å²) < 4.78 is 37.9. The SMILES string of the molecule is Nc1ccc(NC(=S)NCc2cccc(C(F)(F)F)c2)cc1. The van der Waals surface area contributed by atoms with Crippen molar-refractivity contribution in [1.82, 2.24) is 5.32 Å². The van der Waals surface area contributed by atoms with Crippen LogP contribution in [0.2, 0.25) is 0 Å². The van der Waals surface area contributed by atoms with Crippen molar-refractivity contribution in [2.75, 3.05) is 11.1 Å². The normalized spacial score (nSPS) is 11.0. The molecule has 0 fully saturated rings. The Morgan fingerprint density at radius 3 is 2.41 bits per heavy atom. The molecule has 0 unspecified atom stereocenters. The Hall–Kier alpha value is -2.28. The van der Waals surface area contributed by atoms with Crippen molar-refractivity contribution in [3.8, 4) is 0 Å². The van der Waals surface area contributed by atoms with Crippen LogP contribution in [0, 0.1) is 0 Å². The second-order valence-corrected chi connectivity index (χ2v) is 5.04. The summed E-state index contributed by atoms with van der Waals surface area (Å²) in [4.78, 5) is 0. The van der Waals surface area contributed by atoms with Crippen LogP contribution in [-0.4, -0.2) is 5.11 Å². The Labute approximate surface area is 131 Å². The minimum atomic E-state index is -4.35. The molecule has 0 aromatic heterocycles.